The summed E-state index contributed by atoms with van der Waals surface area (Å²) >= 11 is 0. The lowest BCUT2D eigenvalue weighted by molar-refractivity contribution is 0.0739. The highest BCUT2D eigenvalue weighted by Crippen LogP contribution is 2.25. The van der Waals surface area contributed by atoms with Crippen LogP contribution in [-0.4, -0.2) is 28.9 Å². The summed E-state index contributed by atoms with van der Waals surface area (Å²) in [5.41, 5.74) is 3.66. The van der Waals surface area contributed by atoms with Crippen LogP contribution in [0.25, 0.3) is 5.57 Å². The third kappa shape index (κ3) is 2.75. The minimum atomic E-state index is -0.0405. The first-order valence-corrected chi connectivity index (χ1v) is 7.11. The third-order valence-corrected chi connectivity index (χ3v) is 3.83. The van der Waals surface area contributed by atoms with Gasteiger partial charge in [0.2, 0.25) is 0 Å². The van der Waals surface area contributed by atoms with Crippen LogP contribution in [-0.2, 0) is 0 Å². The Kier molecular flexibility index (Phi) is 3.60. The standard InChI is InChI=1S/C17H18N2O2/c1-12-5-8-18-11-15(12)14-6-9-19(10-7-14)17(20)16-4-3-13(2)21-16/h3-6,8,11H,7,9-10H2,1-2H3. The Hall–Kier alpha value is -2.36. The van der Waals surface area contributed by atoms with Gasteiger partial charge in [-0.2, -0.15) is 0 Å². The molecule has 0 bridgehead atoms. The molecule has 2 aromatic rings. The van der Waals surface area contributed by atoms with E-state index in [1.54, 1.807) is 12.3 Å². The van der Waals surface area contributed by atoms with Crippen LogP contribution in [0.4, 0.5) is 0 Å². The molecule has 3 heterocycles. The van der Waals surface area contributed by atoms with E-state index in [-0.39, 0.29) is 5.91 Å². The molecule has 2 aromatic heterocycles. The van der Waals surface area contributed by atoms with Gasteiger partial charge in [-0.25, -0.2) is 0 Å². The third-order valence-electron chi connectivity index (χ3n) is 3.83. The molecule has 1 amide bonds. The first kappa shape index (κ1) is 13.6. The number of hydrogen-bond donors (Lipinski definition) is 0. The molecule has 21 heavy (non-hydrogen) atoms. The van der Waals surface area contributed by atoms with Gasteiger partial charge in [0.1, 0.15) is 5.76 Å². The van der Waals surface area contributed by atoms with Gasteiger partial charge < -0.3 is 9.32 Å². The number of pyridine rings is 1. The second-order valence-corrected chi connectivity index (χ2v) is 5.33. The van der Waals surface area contributed by atoms with Gasteiger partial charge in [-0.1, -0.05) is 6.08 Å². The number of aromatic nitrogens is 1. The molecule has 0 aromatic carbocycles. The van der Waals surface area contributed by atoms with E-state index < -0.39 is 0 Å². The lowest BCUT2D eigenvalue weighted by atomic mass is 9.97. The van der Waals surface area contributed by atoms with Crippen LogP contribution in [0.2, 0.25) is 0 Å². The molecular formula is C17H18N2O2. The molecule has 0 atom stereocenters. The molecule has 0 radical (unpaired) electrons. The monoisotopic (exact) mass is 282 g/mol. The number of nitrogens with zero attached hydrogens (tertiary/aromatic N) is 2. The number of hydrogen-bond acceptors (Lipinski definition) is 3. The Balaban J connectivity index is 1.75. The number of rotatable bonds is 2. The van der Waals surface area contributed by atoms with Crippen molar-refractivity contribution in [2.75, 3.05) is 13.1 Å². The minimum absolute atomic E-state index is 0.0405. The molecule has 4 heteroatoms. The Morgan fingerprint density at radius 3 is 2.76 bits per heavy atom. The predicted molar refractivity (Wildman–Crippen MR) is 80.9 cm³/mol. The summed E-state index contributed by atoms with van der Waals surface area (Å²) in [4.78, 5) is 18.3. The van der Waals surface area contributed by atoms with Crippen LogP contribution in [0.1, 0.15) is 33.9 Å². The summed E-state index contributed by atoms with van der Waals surface area (Å²) in [7, 11) is 0. The molecule has 4 nitrogen and oxygen atoms in total. The average Bonchev–Trinajstić information content (AvgIpc) is 2.94. The highest BCUT2D eigenvalue weighted by atomic mass is 16.3. The van der Waals surface area contributed by atoms with Crippen LogP contribution < -0.4 is 0 Å². The number of furan rings is 1. The molecule has 0 unspecified atom stereocenters. The number of carbonyl (C=O) groups excluding carboxylic acids is 1. The van der Waals surface area contributed by atoms with E-state index in [0.717, 1.165) is 12.2 Å². The molecule has 0 spiro atoms. The maximum atomic E-state index is 12.3. The van der Waals surface area contributed by atoms with Gasteiger partial charge in [0.15, 0.2) is 5.76 Å². The Labute approximate surface area is 124 Å². The molecule has 1 aliphatic heterocycles. The molecule has 108 valence electrons. The predicted octanol–water partition coefficient (Wildman–Crippen LogP) is 3.22. The molecule has 0 aliphatic carbocycles. The van der Waals surface area contributed by atoms with E-state index in [4.69, 9.17) is 4.42 Å². The van der Waals surface area contributed by atoms with Gasteiger partial charge in [0.25, 0.3) is 5.91 Å². The smallest absolute Gasteiger partial charge is 0.289 e. The number of amides is 1. The van der Waals surface area contributed by atoms with Crippen molar-refractivity contribution in [1.82, 2.24) is 9.88 Å². The van der Waals surface area contributed by atoms with Crippen molar-refractivity contribution in [1.29, 1.82) is 0 Å². The summed E-state index contributed by atoms with van der Waals surface area (Å²) in [6.07, 6.45) is 6.66. The van der Waals surface area contributed by atoms with Crippen molar-refractivity contribution in [3.63, 3.8) is 0 Å². The summed E-state index contributed by atoms with van der Waals surface area (Å²) in [6, 6.07) is 5.57. The number of carbonyl (C=O) groups is 1. The van der Waals surface area contributed by atoms with Gasteiger partial charge in [0, 0.05) is 25.5 Å². The fourth-order valence-corrected chi connectivity index (χ4v) is 2.60. The Bertz CT molecular complexity index is 700. The van der Waals surface area contributed by atoms with Crippen molar-refractivity contribution < 1.29 is 9.21 Å². The summed E-state index contributed by atoms with van der Waals surface area (Å²) in [5.74, 6) is 1.14. The van der Waals surface area contributed by atoms with E-state index >= 15 is 0 Å². The van der Waals surface area contributed by atoms with Crippen molar-refractivity contribution in [2.45, 2.75) is 20.3 Å². The first-order valence-electron chi connectivity index (χ1n) is 7.11. The van der Waals surface area contributed by atoms with Crippen LogP contribution in [0.5, 0.6) is 0 Å². The molecule has 0 saturated carbocycles. The SMILES string of the molecule is Cc1ccc(C(=O)N2CC=C(c3cnccc3C)CC2)o1. The molecule has 0 N–H and O–H groups in total. The molecule has 3 rings (SSSR count). The van der Waals surface area contributed by atoms with Crippen molar-refractivity contribution >= 4 is 11.5 Å². The minimum Gasteiger partial charge on any atom is -0.456 e. The lowest BCUT2D eigenvalue weighted by Crippen LogP contribution is -2.34. The van der Waals surface area contributed by atoms with Crippen LogP contribution >= 0.6 is 0 Å². The van der Waals surface area contributed by atoms with E-state index in [1.807, 2.05) is 30.2 Å². The van der Waals surface area contributed by atoms with E-state index in [1.165, 1.54) is 16.7 Å². The Morgan fingerprint density at radius 2 is 2.14 bits per heavy atom. The highest BCUT2D eigenvalue weighted by molar-refractivity contribution is 5.92. The normalized spacial score (nSPS) is 15.0. The van der Waals surface area contributed by atoms with E-state index in [0.29, 0.717) is 18.8 Å². The maximum Gasteiger partial charge on any atom is 0.289 e. The maximum absolute atomic E-state index is 12.3. The summed E-state index contributed by atoms with van der Waals surface area (Å²) < 4.78 is 5.41. The lowest BCUT2D eigenvalue weighted by Gasteiger charge is -2.26. The average molecular weight is 282 g/mol. The van der Waals surface area contributed by atoms with Gasteiger partial charge >= 0.3 is 0 Å². The molecular weight excluding hydrogens is 264 g/mol. The quantitative estimate of drug-likeness (QED) is 0.849. The second-order valence-electron chi connectivity index (χ2n) is 5.33. The van der Waals surface area contributed by atoms with Crippen LogP contribution in [0.3, 0.4) is 0 Å². The number of aryl methyl sites for hydroxylation is 2. The Morgan fingerprint density at radius 1 is 1.29 bits per heavy atom. The van der Waals surface area contributed by atoms with Gasteiger partial charge in [-0.05, 0) is 55.2 Å². The van der Waals surface area contributed by atoms with Crippen molar-refractivity contribution in [3.05, 3.63) is 59.3 Å². The van der Waals surface area contributed by atoms with Crippen LogP contribution in [0, 0.1) is 13.8 Å². The largest absolute Gasteiger partial charge is 0.456 e. The first-order chi connectivity index (χ1) is 10.1. The molecule has 0 saturated heterocycles. The topological polar surface area (TPSA) is 46.3 Å². The fourth-order valence-electron chi connectivity index (χ4n) is 2.60. The van der Waals surface area contributed by atoms with E-state index in [9.17, 15) is 4.79 Å². The zero-order valence-corrected chi connectivity index (χ0v) is 12.3. The van der Waals surface area contributed by atoms with Gasteiger partial charge in [0.05, 0.1) is 0 Å². The summed E-state index contributed by atoms with van der Waals surface area (Å²) in [6.45, 7) is 5.25. The summed E-state index contributed by atoms with van der Waals surface area (Å²) in [5, 5.41) is 0. The van der Waals surface area contributed by atoms with Crippen molar-refractivity contribution in [3.8, 4) is 0 Å². The zero-order valence-electron chi connectivity index (χ0n) is 12.3. The van der Waals surface area contributed by atoms with Gasteiger partial charge in [-0.15, -0.1) is 0 Å². The van der Waals surface area contributed by atoms with E-state index in [2.05, 4.69) is 18.0 Å². The van der Waals surface area contributed by atoms with Crippen molar-refractivity contribution in [2.24, 2.45) is 0 Å². The zero-order chi connectivity index (χ0) is 14.8. The molecule has 1 aliphatic rings. The molecule has 0 fully saturated rings. The highest BCUT2D eigenvalue weighted by Gasteiger charge is 2.21. The van der Waals surface area contributed by atoms with Crippen LogP contribution in [0.15, 0.2) is 41.1 Å². The fraction of sp³-hybridized carbons (Fsp3) is 0.294. The second kappa shape index (κ2) is 5.56. The van der Waals surface area contributed by atoms with Gasteiger partial charge in [-0.3, -0.25) is 9.78 Å².